The molecule has 0 fully saturated rings. The second-order valence-electron chi connectivity index (χ2n) is 5.06. The van der Waals surface area contributed by atoms with Crippen molar-refractivity contribution in [3.63, 3.8) is 0 Å². The molecular weight excluding hydrogens is 293 g/mol. The molecule has 0 amide bonds. The monoisotopic (exact) mass is 311 g/mol. The van der Waals surface area contributed by atoms with Crippen LogP contribution in [-0.4, -0.2) is 9.78 Å². The van der Waals surface area contributed by atoms with E-state index in [1.54, 1.807) is 6.07 Å². The van der Waals surface area contributed by atoms with E-state index in [1.807, 2.05) is 30.1 Å². The van der Waals surface area contributed by atoms with Crippen molar-refractivity contribution < 1.29 is 0 Å². The fourth-order valence-corrected chi connectivity index (χ4v) is 2.82. The molecular formula is C15H19Cl2N3. The van der Waals surface area contributed by atoms with Crippen LogP contribution in [0.4, 0.5) is 0 Å². The minimum Gasteiger partial charge on any atom is -0.303 e. The van der Waals surface area contributed by atoms with Crippen molar-refractivity contribution in [3.8, 4) is 0 Å². The van der Waals surface area contributed by atoms with Crippen molar-refractivity contribution >= 4 is 23.2 Å². The molecule has 0 aliphatic carbocycles. The summed E-state index contributed by atoms with van der Waals surface area (Å²) in [4.78, 5) is 0. The predicted molar refractivity (Wildman–Crippen MR) is 84.4 cm³/mol. The van der Waals surface area contributed by atoms with Gasteiger partial charge < -0.3 is 5.32 Å². The van der Waals surface area contributed by atoms with Gasteiger partial charge in [0, 0.05) is 30.4 Å². The third kappa shape index (κ3) is 3.00. The first-order valence-corrected chi connectivity index (χ1v) is 7.36. The van der Waals surface area contributed by atoms with Crippen molar-refractivity contribution in [1.82, 2.24) is 15.1 Å². The van der Waals surface area contributed by atoms with Crippen molar-refractivity contribution in [2.45, 2.75) is 32.9 Å². The maximum Gasteiger partial charge on any atom is 0.0639 e. The summed E-state index contributed by atoms with van der Waals surface area (Å²) in [6, 6.07) is 6.01. The van der Waals surface area contributed by atoms with Gasteiger partial charge in [0.1, 0.15) is 0 Å². The van der Waals surface area contributed by atoms with Crippen molar-refractivity contribution in [3.05, 3.63) is 51.3 Å². The summed E-state index contributed by atoms with van der Waals surface area (Å²) in [5.74, 6) is 0. The van der Waals surface area contributed by atoms with Gasteiger partial charge in [-0.3, -0.25) is 4.68 Å². The zero-order chi connectivity index (χ0) is 14.9. The average molecular weight is 312 g/mol. The van der Waals surface area contributed by atoms with E-state index < -0.39 is 0 Å². The molecule has 20 heavy (non-hydrogen) atoms. The van der Waals surface area contributed by atoms with E-state index in [-0.39, 0.29) is 12.1 Å². The molecule has 5 heteroatoms. The lowest BCUT2D eigenvalue weighted by molar-refractivity contribution is 0.492. The van der Waals surface area contributed by atoms with E-state index in [9.17, 15) is 0 Å². The molecule has 108 valence electrons. The van der Waals surface area contributed by atoms with Crippen LogP contribution in [0.3, 0.4) is 0 Å². The third-order valence-electron chi connectivity index (χ3n) is 3.69. The molecule has 2 aromatic rings. The smallest absolute Gasteiger partial charge is 0.0639 e. The Balaban J connectivity index is 2.17. The van der Waals surface area contributed by atoms with Crippen LogP contribution >= 0.6 is 23.2 Å². The van der Waals surface area contributed by atoms with Crippen LogP contribution in [0.15, 0.2) is 24.4 Å². The Bertz CT molecular complexity index is 607. The first-order chi connectivity index (χ1) is 9.41. The number of rotatable bonds is 4. The van der Waals surface area contributed by atoms with Crippen LogP contribution < -0.4 is 5.32 Å². The molecule has 0 aliphatic rings. The number of benzene rings is 1. The lowest BCUT2D eigenvalue weighted by Gasteiger charge is -2.21. The zero-order valence-corrected chi connectivity index (χ0v) is 13.6. The summed E-state index contributed by atoms with van der Waals surface area (Å²) in [6.07, 6.45) is 1.90. The fraction of sp³-hybridized carbons (Fsp3) is 0.400. The van der Waals surface area contributed by atoms with Crippen LogP contribution in [0.5, 0.6) is 0 Å². The number of halogens is 2. The van der Waals surface area contributed by atoms with E-state index in [2.05, 4.69) is 31.2 Å². The first kappa shape index (κ1) is 15.4. The molecule has 3 nitrogen and oxygen atoms in total. The molecule has 2 unspecified atom stereocenters. The highest BCUT2D eigenvalue weighted by molar-refractivity contribution is 6.42. The molecule has 0 aliphatic heterocycles. The maximum absolute atomic E-state index is 6.26. The van der Waals surface area contributed by atoms with Crippen LogP contribution in [0.1, 0.15) is 42.8 Å². The highest BCUT2D eigenvalue weighted by Crippen LogP contribution is 2.31. The van der Waals surface area contributed by atoms with E-state index in [4.69, 9.17) is 23.2 Å². The second-order valence-corrected chi connectivity index (χ2v) is 5.85. The first-order valence-electron chi connectivity index (χ1n) is 6.60. The molecule has 1 aromatic carbocycles. The van der Waals surface area contributed by atoms with Gasteiger partial charge in [-0.05, 0) is 32.4 Å². The minimum atomic E-state index is 0.107. The van der Waals surface area contributed by atoms with Gasteiger partial charge in [0.2, 0.25) is 0 Å². The number of hydrogen-bond donors (Lipinski definition) is 1. The van der Waals surface area contributed by atoms with E-state index in [1.165, 1.54) is 5.56 Å². The standard InChI is InChI=1S/C15H19Cl2N3/c1-9(12-6-5-7-14(16)15(12)17)19-10(2)13-8-18-20(4)11(13)3/h5-10,19H,1-4H3. The summed E-state index contributed by atoms with van der Waals surface area (Å²) in [7, 11) is 1.95. The molecule has 0 saturated carbocycles. The second kappa shape index (κ2) is 6.17. The summed E-state index contributed by atoms with van der Waals surface area (Å²) in [6.45, 7) is 6.27. The van der Waals surface area contributed by atoms with Gasteiger partial charge in [0.15, 0.2) is 0 Å². The van der Waals surface area contributed by atoms with Crippen molar-refractivity contribution in [1.29, 1.82) is 0 Å². The molecule has 1 aromatic heterocycles. The Kier molecular flexibility index (Phi) is 4.74. The largest absolute Gasteiger partial charge is 0.303 e. The van der Waals surface area contributed by atoms with Gasteiger partial charge >= 0.3 is 0 Å². The quantitative estimate of drug-likeness (QED) is 0.904. The molecule has 2 rings (SSSR count). The van der Waals surface area contributed by atoms with Gasteiger partial charge in [-0.15, -0.1) is 0 Å². The Hall–Kier alpha value is -1.03. The number of aromatic nitrogens is 2. The average Bonchev–Trinajstić information content (AvgIpc) is 2.73. The highest BCUT2D eigenvalue weighted by Gasteiger charge is 2.17. The predicted octanol–water partition coefficient (Wildman–Crippen LogP) is 4.45. The number of aryl methyl sites for hydroxylation is 1. The van der Waals surface area contributed by atoms with Gasteiger partial charge in [-0.1, -0.05) is 35.3 Å². The van der Waals surface area contributed by atoms with Gasteiger partial charge in [-0.2, -0.15) is 5.10 Å². The van der Waals surface area contributed by atoms with Crippen LogP contribution in [0.25, 0.3) is 0 Å². The summed E-state index contributed by atoms with van der Waals surface area (Å²) < 4.78 is 1.88. The minimum absolute atomic E-state index is 0.107. The van der Waals surface area contributed by atoms with Gasteiger partial charge in [0.25, 0.3) is 0 Å². The maximum atomic E-state index is 6.26. The lowest BCUT2D eigenvalue weighted by Crippen LogP contribution is -2.23. The fourth-order valence-electron chi connectivity index (χ4n) is 2.35. The van der Waals surface area contributed by atoms with Crippen molar-refractivity contribution in [2.24, 2.45) is 7.05 Å². The molecule has 0 spiro atoms. The highest BCUT2D eigenvalue weighted by atomic mass is 35.5. The number of nitrogens with one attached hydrogen (secondary N) is 1. The molecule has 0 bridgehead atoms. The van der Waals surface area contributed by atoms with Gasteiger partial charge in [-0.25, -0.2) is 0 Å². The van der Waals surface area contributed by atoms with Crippen LogP contribution in [0, 0.1) is 6.92 Å². The Morgan fingerprint density at radius 2 is 1.80 bits per heavy atom. The summed E-state index contributed by atoms with van der Waals surface area (Å²) in [5, 5.41) is 9.02. The van der Waals surface area contributed by atoms with Crippen molar-refractivity contribution in [2.75, 3.05) is 0 Å². The number of nitrogens with zero attached hydrogens (tertiary/aromatic N) is 2. The lowest BCUT2D eigenvalue weighted by atomic mass is 10.0. The normalized spacial score (nSPS) is 14.3. The van der Waals surface area contributed by atoms with Gasteiger partial charge in [0.05, 0.1) is 16.2 Å². The SMILES string of the molecule is Cc1c(C(C)NC(C)c2cccc(Cl)c2Cl)cnn1C. The molecule has 1 N–H and O–H groups in total. The number of hydrogen-bond acceptors (Lipinski definition) is 2. The van der Waals surface area contributed by atoms with E-state index in [0.29, 0.717) is 10.0 Å². The molecule has 1 heterocycles. The van der Waals surface area contributed by atoms with E-state index in [0.717, 1.165) is 11.3 Å². The Morgan fingerprint density at radius 1 is 1.15 bits per heavy atom. The summed E-state index contributed by atoms with van der Waals surface area (Å²) in [5.41, 5.74) is 3.36. The van der Waals surface area contributed by atoms with Crippen LogP contribution in [-0.2, 0) is 7.05 Å². The zero-order valence-electron chi connectivity index (χ0n) is 12.1. The Morgan fingerprint density at radius 3 is 2.40 bits per heavy atom. The van der Waals surface area contributed by atoms with E-state index >= 15 is 0 Å². The third-order valence-corrected chi connectivity index (χ3v) is 4.52. The molecule has 0 saturated heterocycles. The topological polar surface area (TPSA) is 29.9 Å². The van der Waals surface area contributed by atoms with Crippen LogP contribution in [0.2, 0.25) is 10.0 Å². The summed E-state index contributed by atoms with van der Waals surface area (Å²) >= 11 is 12.3. The molecule has 0 radical (unpaired) electrons. The molecule has 2 atom stereocenters. The Labute approximate surface area is 129 Å².